The minimum Gasteiger partial charge on any atom is -0.675 e. The van der Waals surface area contributed by atoms with E-state index >= 15 is 0 Å². The quantitative estimate of drug-likeness (QED) is 0.412. The molecule has 1 nitrogen and oxygen atoms in total. The maximum absolute atomic E-state index is 6.69. The van der Waals surface area contributed by atoms with Crippen LogP contribution in [0.1, 0.15) is 12.8 Å². The van der Waals surface area contributed by atoms with Crippen LogP contribution in [0.25, 0.3) is 5.73 Å². The van der Waals surface area contributed by atoms with Gasteiger partial charge in [0.1, 0.15) is 0 Å². The number of hydrogen-bond donors (Lipinski definition) is 0. The van der Waals surface area contributed by atoms with Gasteiger partial charge in [0, 0.05) is 21.7 Å². The summed E-state index contributed by atoms with van der Waals surface area (Å²) in [5.74, 6) is 0. The van der Waals surface area contributed by atoms with Gasteiger partial charge in [0.05, 0.1) is 0 Å². The van der Waals surface area contributed by atoms with Gasteiger partial charge in [-0.2, -0.15) is 0 Å². The van der Waals surface area contributed by atoms with E-state index in [-0.39, 0.29) is 21.7 Å². The topological polar surface area (TPSA) is 23.8 Å². The molecular weight excluding hydrogens is 97.9 g/mol. The molecule has 0 radical (unpaired) electrons. The molecule has 0 spiro atoms. The molecule has 2 heteroatoms. The maximum Gasteiger partial charge on any atom is 0 e. The summed E-state index contributed by atoms with van der Waals surface area (Å²) < 4.78 is 0. The van der Waals surface area contributed by atoms with Crippen LogP contribution < -0.4 is 0 Å². The molecule has 0 bridgehead atoms. The number of nitrogens with one attached hydrogen (secondary N) is 1. The molecule has 0 unspecified atom stereocenters. The fourth-order valence-electron chi connectivity index (χ4n) is 0.0833. The molecule has 1 N–H and O–H groups in total. The molecule has 1 saturated carbocycles. The van der Waals surface area contributed by atoms with Gasteiger partial charge in [0.15, 0.2) is 0 Å². The third-order valence-corrected chi connectivity index (χ3v) is 0.577. The maximum atomic E-state index is 6.69. The van der Waals surface area contributed by atoms with E-state index in [1.54, 1.807) is 0 Å². The zero-order valence-corrected chi connectivity index (χ0v) is 4.55. The third-order valence-electron chi connectivity index (χ3n) is 0.577. The monoisotopic (exact) mass is 104 g/mol. The van der Waals surface area contributed by atoms with Gasteiger partial charge in [-0.1, -0.05) is 12.8 Å². The Labute approximate surface area is 46.8 Å². The number of hydrogen-bond acceptors (Lipinski definition) is 0. The molecule has 0 atom stereocenters. The molecule has 5 heavy (non-hydrogen) atoms. The molecule has 0 aromatic carbocycles. The minimum absolute atomic E-state index is 0. The third kappa shape index (κ3) is 2.48. The van der Waals surface area contributed by atoms with Crippen molar-refractivity contribution in [3.05, 3.63) is 5.73 Å². The van der Waals surface area contributed by atoms with Gasteiger partial charge in [0.25, 0.3) is 0 Å². The smallest absolute Gasteiger partial charge is 0 e. The second-order valence-electron chi connectivity index (χ2n) is 1.27. The predicted molar refractivity (Wildman–Crippen MR) is 17.3 cm³/mol. The first kappa shape index (κ1) is 5.67. The zero-order valence-electron chi connectivity index (χ0n) is 2.99. The first-order valence-electron chi connectivity index (χ1n) is 1.61. The minimum atomic E-state index is 0. The molecule has 1 rings (SSSR count). The van der Waals surface area contributed by atoms with Crippen LogP contribution in [-0.2, 0) is 21.7 Å². The van der Waals surface area contributed by atoms with Crippen LogP contribution in [0.2, 0.25) is 0 Å². The van der Waals surface area contributed by atoms with Crippen molar-refractivity contribution in [1.82, 2.24) is 0 Å². The Hall–Kier alpha value is 0.674. The van der Waals surface area contributed by atoms with Crippen molar-refractivity contribution < 1.29 is 21.7 Å². The second kappa shape index (κ2) is 1.96. The van der Waals surface area contributed by atoms with Gasteiger partial charge in [-0.15, -0.1) is 6.04 Å². The van der Waals surface area contributed by atoms with E-state index in [2.05, 4.69) is 0 Å². The summed E-state index contributed by atoms with van der Waals surface area (Å²) in [6.07, 6.45) is 2.31. The molecule has 0 amide bonds. The molecule has 0 aromatic rings. The van der Waals surface area contributed by atoms with Crippen molar-refractivity contribution in [2.45, 2.75) is 18.9 Å². The average Bonchev–Trinajstić information content (AvgIpc) is 1.75. The Kier molecular flexibility index (Phi) is 2.22. The predicted octanol–water partition coefficient (Wildman–Crippen LogP) is 1.20. The van der Waals surface area contributed by atoms with Crippen LogP contribution in [0, 0.1) is 0 Å². The molecule has 0 saturated heterocycles. The Morgan fingerprint density at radius 3 is 1.60 bits per heavy atom. The van der Waals surface area contributed by atoms with E-state index in [4.69, 9.17) is 5.73 Å². The van der Waals surface area contributed by atoms with E-state index in [1.807, 2.05) is 0 Å². The summed E-state index contributed by atoms with van der Waals surface area (Å²) in [6, 6.07) is 0.333. The molecule has 0 heterocycles. The van der Waals surface area contributed by atoms with Crippen molar-refractivity contribution in [2.24, 2.45) is 0 Å². The Morgan fingerprint density at radius 2 is 1.60 bits per heavy atom. The Bertz CT molecular complexity index is 26.1. The molecule has 1 fully saturated rings. The van der Waals surface area contributed by atoms with Gasteiger partial charge in [-0.3, -0.25) is 0 Å². The first-order chi connectivity index (χ1) is 1.89. The molecule has 0 aliphatic heterocycles. The molecule has 28 valence electrons. The van der Waals surface area contributed by atoms with Crippen LogP contribution in [0.4, 0.5) is 0 Å². The summed E-state index contributed by atoms with van der Waals surface area (Å²) in [5.41, 5.74) is 6.69. The van der Waals surface area contributed by atoms with Crippen molar-refractivity contribution in [1.29, 1.82) is 0 Å². The molecule has 0 aromatic heterocycles. The van der Waals surface area contributed by atoms with Crippen LogP contribution >= 0.6 is 0 Å². The SMILES string of the molecule is [NH-]C1CC1.[Ti]. The molecule has 1 aliphatic carbocycles. The Morgan fingerprint density at radius 1 is 1.40 bits per heavy atom. The molecular formula is C3H6NTi-. The van der Waals surface area contributed by atoms with Gasteiger partial charge in [-0.05, 0) is 0 Å². The number of rotatable bonds is 0. The summed E-state index contributed by atoms with van der Waals surface area (Å²) >= 11 is 0. The van der Waals surface area contributed by atoms with Crippen molar-refractivity contribution >= 4 is 0 Å². The summed E-state index contributed by atoms with van der Waals surface area (Å²) in [5, 5.41) is 0. The van der Waals surface area contributed by atoms with Crippen molar-refractivity contribution in [3.63, 3.8) is 0 Å². The van der Waals surface area contributed by atoms with Crippen LogP contribution in [-0.4, -0.2) is 6.04 Å². The largest absolute Gasteiger partial charge is 0.675 e. The summed E-state index contributed by atoms with van der Waals surface area (Å²) in [7, 11) is 0. The zero-order chi connectivity index (χ0) is 2.99. The fraction of sp³-hybridized carbons (Fsp3) is 1.00. The standard InChI is InChI=1S/C3H6N.Ti/c4-3-1-2-3;/h3-4H,1-2H2;/q-1;. The fourth-order valence-corrected chi connectivity index (χ4v) is 0.0833. The van der Waals surface area contributed by atoms with E-state index in [9.17, 15) is 0 Å². The van der Waals surface area contributed by atoms with E-state index in [1.165, 1.54) is 0 Å². The summed E-state index contributed by atoms with van der Waals surface area (Å²) in [6.45, 7) is 0. The average molecular weight is 104 g/mol. The van der Waals surface area contributed by atoms with Gasteiger partial charge >= 0.3 is 0 Å². The van der Waals surface area contributed by atoms with E-state index < -0.39 is 0 Å². The van der Waals surface area contributed by atoms with Crippen molar-refractivity contribution in [2.75, 3.05) is 0 Å². The van der Waals surface area contributed by atoms with Crippen LogP contribution in [0.15, 0.2) is 0 Å². The second-order valence-corrected chi connectivity index (χ2v) is 1.27. The van der Waals surface area contributed by atoms with Gasteiger partial charge in [0.2, 0.25) is 0 Å². The Balaban J connectivity index is 0.000000160. The van der Waals surface area contributed by atoms with Gasteiger partial charge in [-0.25, -0.2) is 0 Å². The van der Waals surface area contributed by atoms with E-state index in [0.29, 0.717) is 6.04 Å². The van der Waals surface area contributed by atoms with Crippen LogP contribution in [0.5, 0.6) is 0 Å². The van der Waals surface area contributed by atoms with Crippen LogP contribution in [0.3, 0.4) is 0 Å². The first-order valence-corrected chi connectivity index (χ1v) is 1.61. The summed E-state index contributed by atoms with van der Waals surface area (Å²) in [4.78, 5) is 0. The normalized spacial score (nSPS) is 21.0. The van der Waals surface area contributed by atoms with Gasteiger partial charge < -0.3 is 5.73 Å². The van der Waals surface area contributed by atoms with E-state index in [0.717, 1.165) is 12.8 Å². The molecule has 1 aliphatic rings. The van der Waals surface area contributed by atoms with Crippen molar-refractivity contribution in [3.8, 4) is 0 Å².